The molecule has 3 N–H and O–H groups in total. The van der Waals surface area contributed by atoms with Crippen LogP contribution in [0.1, 0.15) is 35.8 Å². The maximum atomic E-state index is 15.5. The predicted molar refractivity (Wildman–Crippen MR) is 123 cm³/mol. The molecule has 184 valence electrons. The first-order valence-corrected chi connectivity index (χ1v) is 11.0. The average molecular weight is 489 g/mol. The molecule has 1 aromatic heterocycles. The Kier molecular flexibility index (Phi) is 6.93. The second-order valence-corrected chi connectivity index (χ2v) is 8.35. The van der Waals surface area contributed by atoms with E-state index in [0.717, 1.165) is 11.4 Å². The van der Waals surface area contributed by atoms with Gasteiger partial charge in [0, 0.05) is 11.8 Å². The molecule has 6 nitrogen and oxygen atoms in total. The second-order valence-electron chi connectivity index (χ2n) is 8.35. The zero-order chi connectivity index (χ0) is 25.3. The van der Waals surface area contributed by atoms with Crippen molar-refractivity contribution in [3.05, 3.63) is 83.0 Å². The van der Waals surface area contributed by atoms with Crippen molar-refractivity contribution in [2.24, 2.45) is 5.73 Å². The molecule has 0 amide bonds. The number of nitrogens with two attached hydrogens (primary N) is 1. The summed E-state index contributed by atoms with van der Waals surface area (Å²) in [5, 5.41) is 10.5. The van der Waals surface area contributed by atoms with E-state index in [-0.39, 0.29) is 17.9 Å². The van der Waals surface area contributed by atoms with Gasteiger partial charge in [-0.25, -0.2) is 18.2 Å². The highest BCUT2D eigenvalue weighted by atomic mass is 19.2. The fourth-order valence-corrected chi connectivity index (χ4v) is 4.14. The van der Waals surface area contributed by atoms with Gasteiger partial charge >= 0.3 is 5.84 Å². The minimum Gasteiger partial charge on any atom is -0.495 e. The lowest BCUT2D eigenvalue weighted by atomic mass is 9.99. The van der Waals surface area contributed by atoms with Crippen LogP contribution in [-0.4, -0.2) is 45.3 Å². The number of hydrogen-bond donors (Lipinski definition) is 2. The lowest BCUT2D eigenvalue weighted by molar-refractivity contribution is -0.538. The first kappa shape index (κ1) is 24.5. The van der Waals surface area contributed by atoms with Gasteiger partial charge in [-0.3, -0.25) is 10.3 Å². The lowest BCUT2D eigenvalue weighted by Crippen LogP contribution is -2.32. The van der Waals surface area contributed by atoms with E-state index in [1.807, 2.05) is 13.1 Å². The molecule has 0 bridgehead atoms. The minimum absolute atomic E-state index is 0.168. The molecule has 1 unspecified atom stereocenters. The number of methoxy groups -OCH3 is 1. The quantitative estimate of drug-likeness (QED) is 0.309. The number of allylic oxidation sites excluding steroid dienone is 1. The number of aryl methyl sites for hydroxylation is 1. The van der Waals surface area contributed by atoms with Gasteiger partial charge in [0.25, 0.3) is 0 Å². The van der Waals surface area contributed by atoms with Crippen LogP contribution in [0.3, 0.4) is 0 Å². The molecule has 10 heteroatoms. The average Bonchev–Trinajstić information content (AvgIpc) is 3.23. The Morgan fingerprint density at radius 2 is 1.89 bits per heavy atom. The van der Waals surface area contributed by atoms with E-state index in [4.69, 9.17) is 10.5 Å². The van der Waals surface area contributed by atoms with E-state index < -0.39 is 29.4 Å². The number of benzene rings is 2. The van der Waals surface area contributed by atoms with E-state index in [1.165, 1.54) is 11.7 Å². The molecule has 0 spiro atoms. The number of aliphatic hydroxyl groups is 1. The van der Waals surface area contributed by atoms with Gasteiger partial charge in [0.1, 0.15) is 18.4 Å². The normalized spacial score (nSPS) is 15.4. The number of β-amino-alcohol motifs (C(OH)–C–C–N with tert-alkyl or cyclic N) is 1. The SMILES string of the molecule is COc1cc(C2=C(F)C(N)=[N+](CC(O)c3cc(F)c(F)c(F)c3)CCC2)ccc1-n1cnc(C)c1. The third-order valence-electron chi connectivity index (χ3n) is 5.99. The number of aliphatic hydroxyl groups excluding tert-OH is 1. The summed E-state index contributed by atoms with van der Waals surface area (Å²) in [6, 6.07) is 6.72. The highest BCUT2D eigenvalue weighted by molar-refractivity contribution is 5.99. The van der Waals surface area contributed by atoms with Crippen LogP contribution in [0.2, 0.25) is 0 Å². The van der Waals surface area contributed by atoms with Gasteiger partial charge in [0.15, 0.2) is 17.5 Å². The van der Waals surface area contributed by atoms with E-state index >= 15 is 4.39 Å². The molecule has 0 saturated carbocycles. The summed E-state index contributed by atoms with van der Waals surface area (Å²) in [6.45, 7) is 1.95. The Bertz CT molecular complexity index is 1310. The topological polar surface area (TPSA) is 76.3 Å². The number of imidazole rings is 1. The summed E-state index contributed by atoms with van der Waals surface area (Å²) in [5.41, 5.74) is 8.48. The molecule has 0 radical (unpaired) electrons. The summed E-state index contributed by atoms with van der Waals surface area (Å²) in [6.07, 6.45) is 2.97. The van der Waals surface area contributed by atoms with Crippen molar-refractivity contribution in [1.29, 1.82) is 0 Å². The third-order valence-corrected chi connectivity index (χ3v) is 5.99. The molecule has 35 heavy (non-hydrogen) atoms. The molecule has 2 aromatic carbocycles. The largest absolute Gasteiger partial charge is 0.495 e. The van der Waals surface area contributed by atoms with Gasteiger partial charge < -0.3 is 14.4 Å². The Hall–Kier alpha value is -3.66. The zero-order valence-corrected chi connectivity index (χ0v) is 19.2. The number of rotatable bonds is 6. The first-order chi connectivity index (χ1) is 16.7. The summed E-state index contributed by atoms with van der Waals surface area (Å²) in [7, 11) is 1.52. The fraction of sp³-hybridized carbons (Fsp3) is 0.280. The van der Waals surface area contributed by atoms with Gasteiger partial charge in [-0.2, -0.15) is 4.39 Å². The maximum Gasteiger partial charge on any atom is 0.304 e. The molecule has 4 rings (SSSR count). The Morgan fingerprint density at radius 3 is 2.51 bits per heavy atom. The smallest absolute Gasteiger partial charge is 0.304 e. The highest BCUT2D eigenvalue weighted by Gasteiger charge is 2.27. The van der Waals surface area contributed by atoms with Crippen molar-refractivity contribution < 1.29 is 32.0 Å². The molecule has 0 fully saturated rings. The number of aromatic nitrogens is 2. The summed E-state index contributed by atoms with van der Waals surface area (Å²) in [5.74, 6) is -4.78. The van der Waals surface area contributed by atoms with Gasteiger partial charge in [0.2, 0.25) is 5.83 Å². The highest BCUT2D eigenvalue weighted by Crippen LogP contribution is 2.33. The van der Waals surface area contributed by atoms with Gasteiger partial charge in [-0.05, 0) is 55.2 Å². The van der Waals surface area contributed by atoms with Crippen LogP contribution in [-0.2, 0) is 0 Å². The van der Waals surface area contributed by atoms with E-state index in [1.54, 1.807) is 29.1 Å². The van der Waals surface area contributed by atoms with Crippen molar-refractivity contribution in [2.75, 3.05) is 20.2 Å². The lowest BCUT2D eigenvalue weighted by Gasteiger charge is -2.14. The van der Waals surface area contributed by atoms with Crippen LogP contribution in [0.4, 0.5) is 17.6 Å². The van der Waals surface area contributed by atoms with Crippen LogP contribution >= 0.6 is 0 Å². The van der Waals surface area contributed by atoms with Crippen LogP contribution in [0.25, 0.3) is 11.3 Å². The fourth-order valence-electron chi connectivity index (χ4n) is 4.14. The van der Waals surface area contributed by atoms with Gasteiger partial charge in [-0.15, -0.1) is 0 Å². The number of ether oxygens (including phenoxy) is 1. The van der Waals surface area contributed by atoms with E-state index in [9.17, 15) is 18.3 Å². The molecule has 2 heterocycles. The molecular weight excluding hydrogens is 464 g/mol. The van der Waals surface area contributed by atoms with Crippen molar-refractivity contribution in [2.45, 2.75) is 25.9 Å². The van der Waals surface area contributed by atoms with Crippen LogP contribution in [0, 0.1) is 24.4 Å². The van der Waals surface area contributed by atoms with Crippen molar-refractivity contribution in [1.82, 2.24) is 9.55 Å². The molecule has 3 aromatic rings. The predicted octanol–water partition coefficient (Wildman–Crippen LogP) is 4.18. The van der Waals surface area contributed by atoms with Gasteiger partial charge in [0.05, 0.1) is 31.4 Å². The van der Waals surface area contributed by atoms with Crippen molar-refractivity contribution in [3.8, 4) is 11.4 Å². The molecule has 0 aliphatic carbocycles. The van der Waals surface area contributed by atoms with Crippen LogP contribution in [0.15, 0.2) is 48.7 Å². The maximum absolute atomic E-state index is 15.5. The number of halogens is 4. The van der Waals surface area contributed by atoms with Crippen LogP contribution in [0.5, 0.6) is 5.75 Å². The van der Waals surface area contributed by atoms with Crippen molar-refractivity contribution >= 4 is 11.4 Å². The molecule has 0 saturated heterocycles. The number of amidine groups is 1. The van der Waals surface area contributed by atoms with Gasteiger partial charge in [-0.1, -0.05) is 6.07 Å². The van der Waals surface area contributed by atoms with Crippen LogP contribution < -0.4 is 10.5 Å². The summed E-state index contributed by atoms with van der Waals surface area (Å²) >= 11 is 0. The Morgan fingerprint density at radius 1 is 1.17 bits per heavy atom. The summed E-state index contributed by atoms with van der Waals surface area (Å²) in [4.78, 5) is 4.21. The van der Waals surface area contributed by atoms with E-state index in [2.05, 4.69) is 4.98 Å². The molecule has 1 aliphatic rings. The van der Waals surface area contributed by atoms with E-state index in [0.29, 0.717) is 48.4 Å². The third kappa shape index (κ3) is 4.93. The molecule has 1 aliphatic heterocycles. The zero-order valence-electron chi connectivity index (χ0n) is 19.2. The molecule has 1 atom stereocenters. The summed E-state index contributed by atoms with van der Waals surface area (Å²) < 4.78 is 64.6. The molecular formula is C25H25F4N4O2+. The van der Waals surface area contributed by atoms with Crippen molar-refractivity contribution in [3.63, 3.8) is 0 Å². The number of hydrogen-bond acceptors (Lipinski definition) is 4. The first-order valence-electron chi connectivity index (χ1n) is 11.0. The Balaban J connectivity index is 1.65. The second kappa shape index (κ2) is 9.91. The monoisotopic (exact) mass is 489 g/mol. The minimum atomic E-state index is -1.62. The standard InChI is InChI=1S/C25H24F4N4O2/c1-14-11-33(13-31-14)20-6-5-15(10-22(20)35-2)17-4-3-7-32(25(30)23(17)28)12-21(34)16-8-18(26)24(29)19(27)9-16/h5-6,8-11,13,21,30,34H,3-4,7,12H2,1-2H3/p+1. The number of nitrogens with zero attached hydrogens (tertiary/aromatic N) is 3. The Labute approximate surface area is 199 Å².